The zero-order valence-electron chi connectivity index (χ0n) is 8.88. The second-order valence-electron chi connectivity index (χ2n) is 4.55. The second kappa shape index (κ2) is 4.97. The molecule has 1 unspecified atom stereocenters. The molecular formula is C11H22O2. The number of hydrogen-bond acceptors (Lipinski definition) is 2. The summed E-state index contributed by atoms with van der Waals surface area (Å²) in [6, 6.07) is 0. The van der Waals surface area contributed by atoms with Crippen LogP contribution in [0, 0.1) is 5.92 Å². The highest BCUT2D eigenvalue weighted by Crippen LogP contribution is 2.33. The van der Waals surface area contributed by atoms with Gasteiger partial charge < -0.3 is 9.84 Å². The highest BCUT2D eigenvalue weighted by Gasteiger charge is 2.28. The van der Waals surface area contributed by atoms with Crippen LogP contribution in [0.1, 0.15) is 46.0 Å². The molecule has 1 atom stereocenters. The predicted octanol–water partition coefficient (Wildman–Crippen LogP) is 2.35. The molecule has 2 heteroatoms. The maximum atomic E-state index is 9.95. The summed E-state index contributed by atoms with van der Waals surface area (Å²) >= 11 is 0. The van der Waals surface area contributed by atoms with Gasteiger partial charge >= 0.3 is 0 Å². The number of rotatable bonds is 6. The fourth-order valence-electron chi connectivity index (χ4n) is 1.81. The topological polar surface area (TPSA) is 29.5 Å². The Balaban J connectivity index is 2.11. The first kappa shape index (κ1) is 11.0. The summed E-state index contributed by atoms with van der Waals surface area (Å²) in [4.78, 5) is 0. The maximum Gasteiger partial charge on any atom is 0.0854 e. The van der Waals surface area contributed by atoms with Crippen molar-refractivity contribution in [1.82, 2.24) is 0 Å². The summed E-state index contributed by atoms with van der Waals surface area (Å²) in [5.74, 6) is 0.750. The molecule has 0 aromatic rings. The second-order valence-corrected chi connectivity index (χ2v) is 4.55. The van der Waals surface area contributed by atoms with E-state index in [1.807, 2.05) is 6.92 Å². The molecule has 2 nitrogen and oxygen atoms in total. The van der Waals surface area contributed by atoms with Gasteiger partial charge in [-0.1, -0.05) is 26.2 Å². The van der Waals surface area contributed by atoms with Crippen LogP contribution >= 0.6 is 0 Å². The molecule has 0 amide bonds. The fourth-order valence-corrected chi connectivity index (χ4v) is 1.81. The van der Waals surface area contributed by atoms with Crippen LogP contribution in [0.15, 0.2) is 0 Å². The molecule has 0 spiro atoms. The monoisotopic (exact) mass is 186 g/mol. The molecule has 0 aliphatic heterocycles. The van der Waals surface area contributed by atoms with E-state index in [1.54, 1.807) is 0 Å². The Morgan fingerprint density at radius 2 is 2.15 bits per heavy atom. The minimum Gasteiger partial charge on any atom is -0.388 e. The molecule has 78 valence electrons. The van der Waals surface area contributed by atoms with Crippen molar-refractivity contribution in [3.8, 4) is 0 Å². The number of aliphatic hydroxyl groups is 1. The average molecular weight is 186 g/mol. The summed E-state index contributed by atoms with van der Waals surface area (Å²) in [5, 5.41) is 9.95. The van der Waals surface area contributed by atoms with Gasteiger partial charge in [0.05, 0.1) is 12.2 Å². The average Bonchev–Trinajstić information content (AvgIpc) is 1.98. The van der Waals surface area contributed by atoms with E-state index in [-0.39, 0.29) is 0 Å². The Morgan fingerprint density at radius 3 is 2.62 bits per heavy atom. The molecule has 0 bridgehead atoms. The highest BCUT2D eigenvalue weighted by atomic mass is 16.5. The van der Waals surface area contributed by atoms with Crippen LogP contribution in [-0.2, 0) is 4.74 Å². The van der Waals surface area contributed by atoms with Crippen molar-refractivity contribution in [2.24, 2.45) is 5.92 Å². The van der Waals surface area contributed by atoms with Gasteiger partial charge in [0.1, 0.15) is 0 Å². The van der Waals surface area contributed by atoms with Crippen LogP contribution in [-0.4, -0.2) is 23.9 Å². The zero-order chi connectivity index (χ0) is 9.73. The van der Waals surface area contributed by atoms with Crippen LogP contribution in [0.2, 0.25) is 0 Å². The first-order valence-electron chi connectivity index (χ1n) is 5.44. The van der Waals surface area contributed by atoms with Gasteiger partial charge in [0.2, 0.25) is 0 Å². The smallest absolute Gasteiger partial charge is 0.0854 e. The van der Waals surface area contributed by atoms with Crippen LogP contribution < -0.4 is 0 Å². The zero-order valence-corrected chi connectivity index (χ0v) is 8.88. The van der Waals surface area contributed by atoms with Gasteiger partial charge in [-0.05, 0) is 25.7 Å². The Hall–Kier alpha value is -0.0800. The third-order valence-corrected chi connectivity index (χ3v) is 2.71. The molecule has 1 rings (SSSR count). The number of ether oxygens (including phenoxy) is 1. The quantitative estimate of drug-likeness (QED) is 0.645. The van der Waals surface area contributed by atoms with Gasteiger partial charge in [0.25, 0.3) is 0 Å². The van der Waals surface area contributed by atoms with Gasteiger partial charge in [-0.15, -0.1) is 0 Å². The lowest BCUT2D eigenvalue weighted by molar-refractivity contribution is -0.0543. The lowest BCUT2D eigenvalue weighted by Gasteiger charge is -2.33. The standard InChI is InChI=1S/C11H22O2/c1-3-7-13-9-11(2,12)8-10-5-4-6-10/h10,12H,3-9H2,1-2H3. The van der Waals surface area contributed by atoms with E-state index in [0.29, 0.717) is 6.61 Å². The van der Waals surface area contributed by atoms with Crippen LogP contribution in [0.5, 0.6) is 0 Å². The first-order chi connectivity index (χ1) is 6.14. The first-order valence-corrected chi connectivity index (χ1v) is 5.44. The molecule has 1 aliphatic rings. The predicted molar refractivity (Wildman–Crippen MR) is 53.7 cm³/mol. The van der Waals surface area contributed by atoms with Crippen molar-refractivity contribution >= 4 is 0 Å². The molecule has 0 aromatic carbocycles. The van der Waals surface area contributed by atoms with E-state index in [9.17, 15) is 5.11 Å². The van der Waals surface area contributed by atoms with E-state index in [2.05, 4.69) is 6.92 Å². The van der Waals surface area contributed by atoms with Gasteiger partial charge in [-0.3, -0.25) is 0 Å². The molecule has 0 radical (unpaired) electrons. The van der Waals surface area contributed by atoms with E-state index >= 15 is 0 Å². The molecule has 1 aliphatic carbocycles. The van der Waals surface area contributed by atoms with Crippen molar-refractivity contribution in [2.45, 2.75) is 51.6 Å². The summed E-state index contributed by atoms with van der Waals surface area (Å²) in [7, 11) is 0. The lowest BCUT2D eigenvalue weighted by Crippen LogP contribution is -2.35. The molecule has 0 aromatic heterocycles. The molecular weight excluding hydrogens is 164 g/mol. The molecule has 1 N–H and O–H groups in total. The lowest BCUT2D eigenvalue weighted by atomic mass is 9.78. The van der Waals surface area contributed by atoms with Crippen molar-refractivity contribution in [2.75, 3.05) is 13.2 Å². The van der Waals surface area contributed by atoms with Crippen LogP contribution in [0.4, 0.5) is 0 Å². The Bertz CT molecular complexity index is 139. The summed E-state index contributed by atoms with van der Waals surface area (Å²) in [6.07, 6.45) is 5.88. The molecule has 1 fully saturated rings. The SMILES string of the molecule is CCCOCC(C)(O)CC1CCC1. The minimum absolute atomic E-state index is 0.497. The summed E-state index contributed by atoms with van der Waals surface area (Å²) in [6.45, 7) is 5.24. The largest absolute Gasteiger partial charge is 0.388 e. The van der Waals surface area contributed by atoms with E-state index < -0.39 is 5.60 Å². The van der Waals surface area contributed by atoms with Crippen LogP contribution in [0.3, 0.4) is 0 Å². The maximum absolute atomic E-state index is 9.95. The van der Waals surface area contributed by atoms with Gasteiger partial charge in [-0.2, -0.15) is 0 Å². The van der Waals surface area contributed by atoms with Crippen molar-refractivity contribution in [3.05, 3.63) is 0 Å². The fraction of sp³-hybridized carbons (Fsp3) is 1.00. The Morgan fingerprint density at radius 1 is 1.46 bits per heavy atom. The van der Waals surface area contributed by atoms with Gasteiger partial charge in [-0.25, -0.2) is 0 Å². The molecule has 1 saturated carbocycles. The van der Waals surface area contributed by atoms with Gasteiger partial charge in [0, 0.05) is 6.61 Å². The van der Waals surface area contributed by atoms with E-state index in [0.717, 1.165) is 25.4 Å². The van der Waals surface area contributed by atoms with Crippen molar-refractivity contribution < 1.29 is 9.84 Å². The summed E-state index contributed by atoms with van der Waals surface area (Å²) < 4.78 is 5.37. The molecule has 0 saturated heterocycles. The Labute approximate surface area is 81.3 Å². The third kappa shape index (κ3) is 4.10. The highest BCUT2D eigenvalue weighted by molar-refractivity contribution is 4.80. The summed E-state index contributed by atoms with van der Waals surface area (Å²) in [5.41, 5.74) is -0.597. The van der Waals surface area contributed by atoms with E-state index in [1.165, 1.54) is 19.3 Å². The Kier molecular flexibility index (Phi) is 4.20. The van der Waals surface area contributed by atoms with Gasteiger partial charge in [0.15, 0.2) is 0 Å². The molecule has 13 heavy (non-hydrogen) atoms. The van der Waals surface area contributed by atoms with Crippen molar-refractivity contribution in [1.29, 1.82) is 0 Å². The van der Waals surface area contributed by atoms with Crippen molar-refractivity contribution in [3.63, 3.8) is 0 Å². The molecule has 0 heterocycles. The number of hydrogen-bond donors (Lipinski definition) is 1. The van der Waals surface area contributed by atoms with Crippen LogP contribution in [0.25, 0.3) is 0 Å². The van der Waals surface area contributed by atoms with E-state index in [4.69, 9.17) is 4.74 Å². The normalized spacial score (nSPS) is 22.4. The third-order valence-electron chi connectivity index (χ3n) is 2.71. The minimum atomic E-state index is -0.597.